The Bertz CT molecular complexity index is 309. The van der Waals surface area contributed by atoms with Crippen molar-refractivity contribution in [2.75, 3.05) is 20.7 Å². The Balaban J connectivity index is 2.23. The largest absolute Gasteiger partial charge is 0.496 e. The predicted octanol–water partition coefficient (Wildman–Crippen LogP) is 1.55. The van der Waals surface area contributed by atoms with E-state index in [-0.39, 0.29) is 0 Å². The van der Waals surface area contributed by atoms with Gasteiger partial charge in [0, 0.05) is 12.5 Å². The van der Waals surface area contributed by atoms with Gasteiger partial charge in [-0.05, 0) is 30.7 Å². The molecule has 1 N–H and O–H groups in total. The number of likely N-dealkylation sites (N-methyl/N-ethyl adjacent to an activating group) is 1. The molecule has 2 heteroatoms. The molecule has 13 heavy (non-hydrogen) atoms. The van der Waals surface area contributed by atoms with Crippen LogP contribution in [0.2, 0.25) is 0 Å². The number of fused-ring (bicyclic) bond motifs is 1. The number of hydrogen-bond donors (Lipinski definition) is 1. The van der Waals surface area contributed by atoms with Crippen molar-refractivity contribution in [3.63, 3.8) is 0 Å². The smallest absolute Gasteiger partial charge is 0.122 e. The number of ether oxygens (including phenoxy) is 1. The van der Waals surface area contributed by atoms with Crippen LogP contribution >= 0.6 is 0 Å². The summed E-state index contributed by atoms with van der Waals surface area (Å²) >= 11 is 0. The van der Waals surface area contributed by atoms with Gasteiger partial charge in [-0.2, -0.15) is 0 Å². The number of rotatable bonds is 3. The standard InChI is InChI=1S/C11H15NO/c1-12-7-8-6-10-9(8)4-3-5-11(10)13-2/h3-5,8,12H,6-7H2,1-2H3. The molecule has 2 nitrogen and oxygen atoms in total. The maximum Gasteiger partial charge on any atom is 0.122 e. The molecule has 1 unspecified atom stereocenters. The molecule has 1 aliphatic carbocycles. The minimum absolute atomic E-state index is 0.690. The Morgan fingerprint density at radius 3 is 3.08 bits per heavy atom. The van der Waals surface area contributed by atoms with Gasteiger partial charge in [-0.25, -0.2) is 0 Å². The summed E-state index contributed by atoms with van der Waals surface area (Å²) in [5.74, 6) is 1.74. The van der Waals surface area contributed by atoms with Gasteiger partial charge in [-0.1, -0.05) is 12.1 Å². The van der Waals surface area contributed by atoms with Gasteiger partial charge in [0.05, 0.1) is 7.11 Å². The van der Waals surface area contributed by atoms with Gasteiger partial charge in [-0.3, -0.25) is 0 Å². The number of hydrogen-bond acceptors (Lipinski definition) is 2. The van der Waals surface area contributed by atoms with Crippen molar-refractivity contribution < 1.29 is 4.74 Å². The maximum absolute atomic E-state index is 5.28. The van der Waals surface area contributed by atoms with Crippen LogP contribution in [0.3, 0.4) is 0 Å². The second-order valence-corrected chi connectivity index (χ2v) is 3.49. The lowest BCUT2D eigenvalue weighted by Crippen LogP contribution is -2.27. The van der Waals surface area contributed by atoms with E-state index in [1.807, 2.05) is 13.1 Å². The normalized spacial score (nSPS) is 19.1. The fourth-order valence-electron chi connectivity index (χ4n) is 2.03. The van der Waals surface area contributed by atoms with Gasteiger partial charge in [0.1, 0.15) is 5.75 Å². The van der Waals surface area contributed by atoms with Crippen molar-refractivity contribution in [3.8, 4) is 5.75 Å². The molecular weight excluding hydrogens is 162 g/mol. The summed E-state index contributed by atoms with van der Waals surface area (Å²) in [6.45, 7) is 1.07. The average Bonchev–Trinajstić information content (AvgIpc) is 2.14. The molecule has 0 amide bonds. The lowest BCUT2D eigenvalue weighted by Gasteiger charge is -2.31. The van der Waals surface area contributed by atoms with Gasteiger partial charge in [-0.15, -0.1) is 0 Å². The fourth-order valence-corrected chi connectivity index (χ4v) is 2.03. The Hall–Kier alpha value is -1.02. The summed E-state index contributed by atoms with van der Waals surface area (Å²) in [6.07, 6.45) is 1.15. The molecule has 70 valence electrons. The van der Waals surface area contributed by atoms with Crippen LogP contribution in [-0.2, 0) is 6.42 Å². The Morgan fingerprint density at radius 2 is 2.38 bits per heavy atom. The summed E-state index contributed by atoms with van der Waals surface area (Å²) < 4.78 is 5.28. The summed E-state index contributed by atoms with van der Waals surface area (Å²) in [5.41, 5.74) is 2.85. The molecule has 0 spiro atoms. The summed E-state index contributed by atoms with van der Waals surface area (Å²) in [5, 5.41) is 3.21. The van der Waals surface area contributed by atoms with Gasteiger partial charge >= 0.3 is 0 Å². The predicted molar refractivity (Wildman–Crippen MR) is 53.4 cm³/mol. The van der Waals surface area contributed by atoms with E-state index in [1.54, 1.807) is 7.11 Å². The van der Waals surface area contributed by atoms with Crippen LogP contribution in [0.1, 0.15) is 17.0 Å². The van der Waals surface area contributed by atoms with Gasteiger partial charge in [0.15, 0.2) is 0 Å². The average molecular weight is 177 g/mol. The quantitative estimate of drug-likeness (QED) is 0.756. The monoisotopic (exact) mass is 177 g/mol. The summed E-state index contributed by atoms with van der Waals surface area (Å²) in [7, 11) is 3.74. The van der Waals surface area contributed by atoms with Gasteiger partial charge < -0.3 is 10.1 Å². The van der Waals surface area contributed by atoms with Crippen LogP contribution in [0.15, 0.2) is 18.2 Å². The van der Waals surface area contributed by atoms with Crippen molar-refractivity contribution in [1.82, 2.24) is 5.32 Å². The van der Waals surface area contributed by atoms with E-state index < -0.39 is 0 Å². The first-order chi connectivity index (χ1) is 6.36. The zero-order chi connectivity index (χ0) is 9.26. The molecule has 0 aromatic heterocycles. The molecule has 0 saturated carbocycles. The van der Waals surface area contributed by atoms with E-state index in [1.165, 1.54) is 11.1 Å². The lowest BCUT2D eigenvalue weighted by molar-refractivity contribution is 0.398. The molecule has 1 aliphatic rings. The van der Waals surface area contributed by atoms with E-state index in [9.17, 15) is 0 Å². The van der Waals surface area contributed by atoms with Crippen LogP contribution < -0.4 is 10.1 Å². The third-order valence-corrected chi connectivity index (χ3v) is 2.73. The SMILES string of the molecule is CNCC1Cc2c(OC)cccc21. The number of benzene rings is 1. The third kappa shape index (κ3) is 1.31. The van der Waals surface area contributed by atoms with Crippen LogP contribution in [0.5, 0.6) is 5.75 Å². The topological polar surface area (TPSA) is 21.3 Å². The second-order valence-electron chi connectivity index (χ2n) is 3.49. The van der Waals surface area contributed by atoms with Crippen molar-refractivity contribution in [1.29, 1.82) is 0 Å². The van der Waals surface area contributed by atoms with Crippen molar-refractivity contribution in [2.24, 2.45) is 0 Å². The molecule has 1 aromatic rings. The number of nitrogens with one attached hydrogen (secondary N) is 1. The van der Waals surface area contributed by atoms with E-state index in [4.69, 9.17) is 4.74 Å². The first-order valence-electron chi connectivity index (χ1n) is 4.67. The Kier molecular flexibility index (Phi) is 2.23. The zero-order valence-electron chi connectivity index (χ0n) is 8.13. The fraction of sp³-hybridized carbons (Fsp3) is 0.455. The summed E-state index contributed by atoms with van der Waals surface area (Å²) in [4.78, 5) is 0. The minimum atomic E-state index is 0.690. The highest BCUT2D eigenvalue weighted by Crippen LogP contribution is 2.40. The van der Waals surface area contributed by atoms with Crippen LogP contribution in [0.4, 0.5) is 0 Å². The molecule has 0 heterocycles. The van der Waals surface area contributed by atoms with Crippen molar-refractivity contribution in [2.45, 2.75) is 12.3 Å². The van der Waals surface area contributed by atoms with E-state index >= 15 is 0 Å². The first-order valence-corrected chi connectivity index (χ1v) is 4.67. The highest BCUT2D eigenvalue weighted by Gasteiger charge is 2.27. The first kappa shape index (κ1) is 8.57. The minimum Gasteiger partial charge on any atom is -0.496 e. The Morgan fingerprint density at radius 1 is 1.54 bits per heavy atom. The van der Waals surface area contributed by atoms with Crippen LogP contribution in [-0.4, -0.2) is 20.7 Å². The second kappa shape index (κ2) is 3.38. The van der Waals surface area contributed by atoms with Crippen molar-refractivity contribution >= 4 is 0 Å². The highest BCUT2D eigenvalue weighted by molar-refractivity contribution is 5.49. The molecule has 0 saturated heterocycles. The molecule has 0 aliphatic heterocycles. The van der Waals surface area contributed by atoms with E-state index in [0.29, 0.717) is 5.92 Å². The number of methoxy groups -OCH3 is 1. The van der Waals surface area contributed by atoms with Gasteiger partial charge in [0.2, 0.25) is 0 Å². The molecule has 2 rings (SSSR count). The molecule has 0 radical (unpaired) electrons. The van der Waals surface area contributed by atoms with E-state index in [2.05, 4.69) is 17.4 Å². The maximum atomic E-state index is 5.28. The molecule has 0 bridgehead atoms. The molecule has 0 fully saturated rings. The lowest BCUT2D eigenvalue weighted by atomic mass is 9.77. The van der Waals surface area contributed by atoms with Gasteiger partial charge in [0.25, 0.3) is 0 Å². The molecule has 1 atom stereocenters. The van der Waals surface area contributed by atoms with Crippen LogP contribution in [0, 0.1) is 0 Å². The third-order valence-electron chi connectivity index (χ3n) is 2.73. The summed E-state index contributed by atoms with van der Waals surface area (Å²) in [6, 6.07) is 6.30. The molecular formula is C11H15NO. The Labute approximate surface area is 78.9 Å². The molecule has 1 aromatic carbocycles. The van der Waals surface area contributed by atoms with Crippen molar-refractivity contribution in [3.05, 3.63) is 29.3 Å². The van der Waals surface area contributed by atoms with E-state index in [0.717, 1.165) is 18.7 Å². The van der Waals surface area contributed by atoms with Crippen LogP contribution in [0.25, 0.3) is 0 Å². The highest BCUT2D eigenvalue weighted by atomic mass is 16.5. The zero-order valence-corrected chi connectivity index (χ0v) is 8.13.